The summed E-state index contributed by atoms with van der Waals surface area (Å²) in [5, 5.41) is 3.20. The number of anilines is 1. The first-order chi connectivity index (χ1) is 12.5. The highest BCUT2D eigenvalue weighted by Gasteiger charge is 2.10. The normalized spacial score (nSPS) is 10.1. The highest BCUT2D eigenvalue weighted by molar-refractivity contribution is 6.31. The molecule has 2 aromatic rings. The van der Waals surface area contributed by atoms with E-state index in [2.05, 4.69) is 16.2 Å². The zero-order chi connectivity index (χ0) is 18.9. The number of nitrogens with one attached hydrogen (secondary N) is 3. The second-order valence-electron chi connectivity index (χ2n) is 5.65. The number of unbranched alkanes of at least 4 members (excludes halogenated alkanes) is 1. The van der Waals surface area contributed by atoms with E-state index < -0.39 is 11.8 Å². The van der Waals surface area contributed by atoms with Gasteiger partial charge in [0, 0.05) is 28.3 Å². The van der Waals surface area contributed by atoms with Crippen LogP contribution in [0.4, 0.5) is 5.69 Å². The number of amides is 3. The Bertz CT molecular complexity index is 791. The fourth-order valence-electron chi connectivity index (χ4n) is 2.15. The maximum atomic E-state index is 12.1. The topological polar surface area (TPSA) is 87.3 Å². The van der Waals surface area contributed by atoms with E-state index in [0.717, 1.165) is 12.8 Å². The molecule has 0 aliphatic rings. The Balaban J connectivity index is 1.87. The number of halogens is 1. The van der Waals surface area contributed by atoms with E-state index in [4.69, 9.17) is 11.6 Å². The van der Waals surface area contributed by atoms with Crippen molar-refractivity contribution < 1.29 is 14.4 Å². The molecule has 136 valence electrons. The Labute approximate surface area is 156 Å². The van der Waals surface area contributed by atoms with Crippen LogP contribution in [0.15, 0.2) is 48.5 Å². The summed E-state index contributed by atoms with van der Waals surface area (Å²) in [7, 11) is 0. The highest BCUT2D eigenvalue weighted by Crippen LogP contribution is 2.11. The van der Waals surface area contributed by atoms with Gasteiger partial charge in [-0.25, -0.2) is 0 Å². The summed E-state index contributed by atoms with van der Waals surface area (Å²) < 4.78 is 0. The first-order valence-electron chi connectivity index (χ1n) is 8.25. The van der Waals surface area contributed by atoms with Crippen molar-refractivity contribution in [2.75, 3.05) is 5.32 Å². The third-order valence-electron chi connectivity index (χ3n) is 3.56. The minimum atomic E-state index is -0.472. The van der Waals surface area contributed by atoms with Crippen LogP contribution in [0, 0.1) is 0 Å². The van der Waals surface area contributed by atoms with Crippen molar-refractivity contribution >= 4 is 35.0 Å². The van der Waals surface area contributed by atoms with Crippen LogP contribution in [0.25, 0.3) is 0 Å². The van der Waals surface area contributed by atoms with Crippen LogP contribution in [0.2, 0.25) is 5.02 Å². The Morgan fingerprint density at radius 3 is 2.19 bits per heavy atom. The number of rotatable bonds is 6. The maximum Gasteiger partial charge on any atom is 0.269 e. The third-order valence-corrected chi connectivity index (χ3v) is 3.80. The number of carbonyl (C=O) groups excluding carboxylic acids is 3. The monoisotopic (exact) mass is 373 g/mol. The van der Waals surface area contributed by atoms with Gasteiger partial charge in [-0.1, -0.05) is 31.0 Å². The van der Waals surface area contributed by atoms with Crippen molar-refractivity contribution in [2.24, 2.45) is 0 Å². The zero-order valence-electron chi connectivity index (χ0n) is 14.3. The predicted octanol–water partition coefficient (Wildman–Crippen LogP) is 3.54. The third kappa shape index (κ3) is 5.89. The molecule has 26 heavy (non-hydrogen) atoms. The number of hydrogen-bond donors (Lipinski definition) is 3. The van der Waals surface area contributed by atoms with E-state index in [1.54, 1.807) is 42.5 Å². The van der Waals surface area contributed by atoms with Gasteiger partial charge in [0.25, 0.3) is 11.8 Å². The minimum Gasteiger partial charge on any atom is -0.326 e. The van der Waals surface area contributed by atoms with Crippen molar-refractivity contribution in [3.05, 3.63) is 64.7 Å². The Hall–Kier alpha value is -2.86. The summed E-state index contributed by atoms with van der Waals surface area (Å²) in [6.45, 7) is 2.02. The number of carbonyl (C=O) groups is 3. The Morgan fingerprint density at radius 2 is 1.58 bits per heavy atom. The Morgan fingerprint density at radius 1 is 0.923 bits per heavy atom. The van der Waals surface area contributed by atoms with Crippen molar-refractivity contribution in [1.82, 2.24) is 10.9 Å². The van der Waals surface area contributed by atoms with E-state index in [9.17, 15) is 14.4 Å². The van der Waals surface area contributed by atoms with Gasteiger partial charge in [-0.05, 0) is 48.9 Å². The molecule has 2 aromatic carbocycles. The van der Waals surface area contributed by atoms with E-state index in [1.807, 2.05) is 6.92 Å². The largest absolute Gasteiger partial charge is 0.326 e. The van der Waals surface area contributed by atoms with E-state index in [0.29, 0.717) is 28.3 Å². The second kappa shape index (κ2) is 9.58. The smallest absolute Gasteiger partial charge is 0.269 e. The molecule has 6 nitrogen and oxygen atoms in total. The van der Waals surface area contributed by atoms with Crippen LogP contribution in [-0.4, -0.2) is 17.7 Å². The molecule has 3 amide bonds. The van der Waals surface area contributed by atoms with Crippen LogP contribution in [-0.2, 0) is 4.79 Å². The summed E-state index contributed by atoms with van der Waals surface area (Å²) >= 11 is 5.83. The molecular formula is C19H20ClN3O3. The summed E-state index contributed by atoms with van der Waals surface area (Å²) in [5.74, 6) is -0.997. The van der Waals surface area contributed by atoms with Crippen LogP contribution >= 0.6 is 11.6 Å². The molecule has 0 unspecified atom stereocenters. The minimum absolute atomic E-state index is 0.0576. The van der Waals surface area contributed by atoms with Crippen molar-refractivity contribution in [1.29, 1.82) is 0 Å². The van der Waals surface area contributed by atoms with E-state index in [1.165, 1.54) is 6.07 Å². The van der Waals surface area contributed by atoms with Gasteiger partial charge in [0.05, 0.1) is 0 Å². The van der Waals surface area contributed by atoms with Crippen molar-refractivity contribution in [3.8, 4) is 0 Å². The van der Waals surface area contributed by atoms with Crippen molar-refractivity contribution in [2.45, 2.75) is 26.2 Å². The fourth-order valence-corrected chi connectivity index (χ4v) is 2.34. The van der Waals surface area contributed by atoms with Gasteiger partial charge in [0.1, 0.15) is 0 Å². The molecule has 0 aliphatic heterocycles. The standard InChI is InChI=1S/C19H20ClN3O3/c1-2-3-7-17(24)21-16-10-8-13(9-11-16)18(25)22-23-19(26)14-5-4-6-15(20)12-14/h4-6,8-12H,2-3,7H2,1H3,(H,21,24)(H,22,25)(H,23,26). The lowest BCUT2D eigenvalue weighted by atomic mass is 10.2. The molecule has 3 N–H and O–H groups in total. The lowest BCUT2D eigenvalue weighted by Gasteiger charge is -2.09. The van der Waals surface area contributed by atoms with Crippen LogP contribution in [0.1, 0.15) is 46.9 Å². The van der Waals surface area contributed by atoms with Crippen LogP contribution in [0.5, 0.6) is 0 Å². The molecule has 0 heterocycles. The van der Waals surface area contributed by atoms with Crippen LogP contribution in [0.3, 0.4) is 0 Å². The van der Waals surface area contributed by atoms with Crippen molar-refractivity contribution in [3.63, 3.8) is 0 Å². The SMILES string of the molecule is CCCCC(=O)Nc1ccc(C(=O)NNC(=O)c2cccc(Cl)c2)cc1. The number of hydrogen-bond acceptors (Lipinski definition) is 3. The molecular weight excluding hydrogens is 354 g/mol. The van der Waals surface area contributed by atoms with Gasteiger partial charge in [-0.2, -0.15) is 0 Å². The molecule has 0 saturated carbocycles. The second-order valence-corrected chi connectivity index (χ2v) is 6.08. The average Bonchev–Trinajstić information content (AvgIpc) is 2.64. The Kier molecular flexibility index (Phi) is 7.17. The fraction of sp³-hybridized carbons (Fsp3) is 0.211. The molecule has 0 bridgehead atoms. The highest BCUT2D eigenvalue weighted by atomic mass is 35.5. The van der Waals surface area contributed by atoms with Gasteiger partial charge in [0.2, 0.25) is 5.91 Å². The van der Waals surface area contributed by atoms with E-state index >= 15 is 0 Å². The van der Waals surface area contributed by atoms with Gasteiger partial charge in [-0.3, -0.25) is 25.2 Å². The summed E-state index contributed by atoms with van der Waals surface area (Å²) in [6, 6.07) is 12.8. The van der Waals surface area contributed by atoms with Gasteiger partial charge < -0.3 is 5.32 Å². The van der Waals surface area contributed by atoms with Gasteiger partial charge in [-0.15, -0.1) is 0 Å². The zero-order valence-corrected chi connectivity index (χ0v) is 15.1. The average molecular weight is 374 g/mol. The molecule has 0 aromatic heterocycles. The molecule has 0 aliphatic carbocycles. The lowest BCUT2D eigenvalue weighted by Crippen LogP contribution is -2.41. The van der Waals surface area contributed by atoms with Gasteiger partial charge in [0.15, 0.2) is 0 Å². The van der Waals surface area contributed by atoms with Crippen LogP contribution < -0.4 is 16.2 Å². The summed E-state index contributed by atoms with van der Waals surface area (Å²) in [6.07, 6.45) is 2.25. The predicted molar refractivity (Wildman–Crippen MR) is 101 cm³/mol. The van der Waals surface area contributed by atoms with E-state index in [-0.39, 0.29) is 5.91 Å². The number of benzene rings is 2. The molecule has 2 rings (SSSR count). The first kappa shape index (κ1) is 19.5. The number of hydrazine groups is 1. The quantitative estimate of drug-likeness (QED) is 0.677. The molecule has 7 heteroatoms. The molecule has 0 atom stereocenters. The molecule has 0 fully saturated rings. The molecule has 0 radical (unpaired) electrons. The lowest BCUT2D eigenvalue weighted by molar-refractivity contribution is -0.116. The summed E-state index contributed by atoms with van der Waals surface area (Å²) in [4.78, 5) is 35.7. The summed E-state index contributed by atoms with van der Waals surface area (Å²) in [5.41, 5.74) is 5.97. The molecule has 0 spiro atoms. The first-order valence-corrected chi connectivity index (χ1v) is 8.63. The van der Waals surface area contributed by atoms with Gasteiger partial charge >= 0.3 is 0 Å². The molecule has 0 saturated heterocycles. The maximum absolute atomic E-state index is 12.1.